The highest BCUT2D eigenvalue weighted by molar-refractivity contribution is 6.14. The molecule has 0 fully saturated rings. The van der Waals surface area contributed by atoms with Gasteiger partial charge in [-0.1, -0.05) is 103 Å². The van der Waals surface area contributed by atoms with Gasteiger partial charge in [0, 0.05) is 49.1 Å². The van der Waals surface area contributed by atoms with Crippen molar-refractivity contribution in [1.82, 2.24) is 23.7 Å². The molecule has 60 heavy (non-hydrogen) atoms. The molecule has 278 valence electrons. The van der Waals surface area contributed by atoms with Crippen LogP contribution in [0.1, 0.15) is 5.69 Å². The van der Waals surface area contributed by atoms with Crippen LogP contribution in [0.25, 0.3) is 116 Å². The number of rotatable bonds is 4. The number of furan rings is 1. The summed E-state index contributed by atoms with van der Waals surface area (Å²) in [5, 5.41) is 18.9. The van der Waals surface area contributed by atoms with Gasteiger partial charge >= 0.3 is 0 Å². The molecule has 7 nitrogen and oxygen atoms in total. The maximum absolute atomic E-state index is 10.6. The number of nitriles is 1. The minimum Gasteiger partial charge on any atom is -0.437 e. The molecule has 0 atom stereocenters. The normalized spacial score (nSPS) is 12.0. The van der Waals surface area contributed by atoms with E-state index in [2.05, 4.69) is 167 Å². The Bertz CT molecular complexity index is 3920. The highest BCUT2D eigenvalue weighted by atomic mass is 16.3. The molecule has 0 aliphatic carbocycles. The van der Waals surface area contributed by atoms with E-state index >= 15 is 0 Å². The van der Waals surface area contributed by atoms with Crippen molar-refractivity contribution in [1.29, 1.82) is 5.26 Å². The fourth-order valence-corrected chi connectivity index (χ4v) is 9.55. The van der Waals surface area contributed by atoms with Gasteiger partial charge < -0.3 is 13.6 Å². The SMILES string of the molecule is N#Cc1nc(-n2c3ccccc3c3ccccc32)nc2oc3ccc(-n4c5ccccc5c5cc(-c6ccc7c(c6)c6ccccc6n7-c6ccccc6)ccc54)cc3c12. The summed E-state index contributed by atoms with van der Waals surface area (Å²) in [6.07, 6.45) is 0. The van der Waals surface area contributed by atoms with E-state index < -0.39 is 0 Å². The van der Waals surface area contributed by atoms with E-state index in [1.807, 2.05) is 34.9 Å². The first-order valence-corrected chi connectivity index (χ1v) is 20.0. The second-order valence-electron chi connectivity index (χ2n) is 15.3. The Kier molecular flexibility index (Phi) is 6.66. The van der Waals surface area contributed by atoms with Crippen molar-refractivity contribution < 1.29 is 4.42 Å². The predicted octanol–water partition coefficient (Wildman–Crippen LogP) is 13.2. The van der Waals surface area contributed by atoms with Crippen molar-refractivity contribution in [2.75, 3.05) is 0 Å². The maximum Gasteiger partial charge on any atom is 0.239 e. The average molecular weight is 767 g/mol. The van der Waals surface area contributed by atoms with E-state index in [1.165, 1.54) is 21.8 Å². The van der Waals surface area contributed by atoms with Gasteiger partial charge in [0.15, 0.2) is 5.69 Å². The van der Waals surface area contributed by atoms with Crippen LogP contribution in [0.4, 0.5) is 0 Å². The van der Waals surface area contributed by atoms with Gasteiger partial charge in [-0.05, 0) is 90.0 Å². The molecule has 13 aromatic rings. The lowest BCUT2D eigenvalue weighted by Gasteiger charge is -2.09. The van der Waals surface area contributed by atoms with Gasteiger partial charge in [-0.25, -0.2) is 4.98 Å². The van der Waals surface area contributed by atoms with Gasteiger partial charge in [0.25, 0.3) is 0 Å². The number of hydrogen-bond acceptors (Lipinski definition) is 4. The van der Waals surface area contributed by atoms with Crippen LogP contribution < -0.4 is 0 Å². The zero-order valence-electron chi connectivity index (χ0n) is 31.9. The highest BCUT2D eigenvalue weighted by Crippen LogP contribution is 2.40. The summed E-state index contributed by atoms with van der Waals surface area (Å²) in [7, 11) is 0. The van der Waals surface area contributed by atoms with Crippen molar-refractivity contribution >= 4 is 87.5 Å². The molecule has 0 radical (unpaired) electrons. The van der Waals surface area contributed by atoms with Crippen LogP contribution in [-0.2, 0) is 0 Å². The van der Waals surface area contributed by atoms with Crippen LogP contribution in [0.3, 0.4) is 0 Å². The molecule has 5 aromatic heterocycles. The van der Waals surface area contributed by atoms with E-state index in [-0.39, 0.29) is 5.69 Å². The molecule has 5 heterocycles. The lowest BCUT2D eigenvalue weighted by molar-refractivity contribution is 0.651. The van der Waals surface area contributed by atoms with E-state index in [1.54, 1.807) is 0 Å². The largest absolute Gasteiger partial charge is 0.437 e. The van der Waals surface area contributed by atoms with Crippen LogP contribution in [0.5, 0.6) is 0 Å². The van der Waals surface area contributed by atoms with E-state index in [0.29, 0.717) is 22.6 Å². The molecule has 0 aliphatic rings. The number of fused-ring (bicyclic) bond motifs is 12. The first-order valence-electron chi connectivity index (χ1n) is 20.0. The number of para-hydroxylation sites is 5. The molecule has 0 saturated heterocycles. The average Bonchev–Trinajstić information content (AvgIpc) is 4.04. The molecule has 7 heteroatoms. The molecule has 0 amide bonds. The molecule has 0 spiro atoms. The lowest BCUT2D eigenvalue weighted by atomic mass is 10.0. The molecule has 0 N–H and O–H groups in total. The summed E-state index contributed by atoms with van der Waals surface area (Å²) in [6, 6.07) is 66.2. The Balaban J connectivity index is 0.968. The topological polar surface area (TPSA) is 77.5 Å². The van der Waals surface area contributed by atoms with Crippen LogP contribution >= 0.6 is 0 Å². The molecule has 0 bridgehead atoms. The molecule has 0 saturated carbocycles. The second kappa shape index (κ2) is 12.3. The summed E-state index contributed by atoms with van der Waals surface area (Å²) in [5.41, 5.74) is 12.2. The second-order valence-corrected chi connectivity index (χ2v) is 15.3. The smallest absolute Gasteiger partial charge is 0.239 e. The Morgan fingerprint density at radius 1 is 0.400 bits per heavy atom. The monoisotopic (exact) mass is 766 g/mol. The molecular formula is C53H30N6O. The van der Waals surface area contributed by atoms with Crippen LogP contribution in [0.2, 0.25) is 0 Å². The first-order chi connectivity index (χ1) is 29.7. The highest BCUT2D eigenvalue weighted by Gasteiger charge is 2.22. The standard InChI is InChI=1S/C53H30N6O/c54-31-43-51-42-30-35(24-27-50(42)60-52(51)56-53(55-43)59-46-20-10-4-14-36(46)37-15-5-11-21-47(37)59)58-45-19-9-7-17-39(45)41-29-33(23-26-49(41)58)32-22-25-48-40(28-32)38-16-6-8-18-44(38)57(48)34-12-2-1-3-13-34/h1-30H. The minimum atomic E-state index is 0.267. The molecule has 8 aromatic carbocycles. The van der Waals surface area contributed by atoms with Crippen molar-refractivity contribution in [2.45, 2.75) is 0 Å². The first kappa shape index (κ1) is 32.6. The Morgan fingerprint density at radius 2 is 0.883 bits per heavy atom. The summed E-state index contributed by atoms with van der Waals surface area (Å²) in [6.45, 7) is 0. The summed E-state index contributed by atoms with van der Waals surface area (Å²) < 4.78 is 13.1. The van der Waals surface area contributed by atoms with Gasteiger partial charge in [0.2, 0.25) is 11.7 Å². The Morgan fingerprint density at radius 3 is 1.45 bits per heavy atom. The molecular weight excluding hydrogens is 737 g/mol. The van der Waals surface area contributed by atoms with Crippen molar-refractivity contribution in [3.8, 4) is 34.5 Å². The fraction of sp³-hybridized carbons (Fsp3) is 0. The van der Waals surface area contributed by atoms with Crippen LogP contribution in [0.15, 0.2) is 186 Å². The number of nitrogens with zero attached hydrogens (tertiary/aromatic N) is 6. The van der Waals surface area contributed by atoms with E-state index in [9.17, 15) is 5.26 Å². The van der Waals surface area contributed by atoms with Crippen molar-refractivity contribution in [3.63, 3.8) is 0 Å². The molecule has 13 rings (SSSR count). The summed E-state index contributed by atoms with van der Waals surface area (Å²) >= 11 is 0. The number of hydrogen-bond donors (Lipinski definition) is 0. The van der Waals surface area contributed by atoms with E-state index in [4.69, 9.17) is 14.4 Å². The number of benzene rings is 8. The zero-order chi connectivity index (χ0) is 39.5. The van der Waals surface area contributed by atoms with Gasteiger partial charge in [-0.3, -0.25) is 4.57 Å². The van der Waals surface area contributed by atoms with Crippen molar-refractivity contribution in [3.05, 3.63) is 188 Å². The third kappa shape index (κ3) is 4.53. The number of aromatic nitrogens is 5. The quantitative estimate of drug-likeness (QED) is 0.179. The Labute approximate surface area is 341 Å². The summed E-state index contributed by atoms with van der Waals surface area (Å²) in [4.78, 5) is 9.86. The van der Waals surface area contributed by atoms with Crippen LogP contribution in [0, 0.1) is 11.3 Å². The molecule has 0 aliphatic heterocycles. The minimum absolute atomic E-state index is 0.267. The fourth-order valence-electron chi connectivity index (χ4n) is 9.55. The van der Waals surface area contributed by atoms with E-state index in [0.717, 1.165) is 71.5 Å². The van der Waals surface area contributed by atoms with Gasteiger partial charge in [0.1, 0.15) is 11.7 Å². The Hall–Kier alpha value is -8.47. The predicted molar refractivity (Wildman–Crippen MR) is 242 cm³/mol. The van der Waals surface area contributed by atoms with Gasteiger partial charge in [-0.15, -0.1) is 0 Å². The van der Waals surface area contributed by atoms with Crippen LogP contribution in [-0.4, -0.2) is 23.7 Å². The third-order valence-electron chi connectivity index (χ3n) is 12.1. The van der Waals surface area contributed by atoms with Gasteiger partial charge in [0.05, 0.1) is 38.5 Å². The maximum atomic E-state index is 10.6. The van der Waals surface area contributed by atoms with Gasteiger partial charge in [-0.2, -0.15) is 10.2 Å². The zero-order valence-corrected chi connectivity index (χ0v) is 31.9. The lowest BCUT2D eigenvalue weighted by Crippen LogP contribution is -2.02. The molecule has 0 unspecified atom stereocenters. The van der Waals surface area contributed by atoms with Crippen molar-refractivity contribution in [2.24, 2.45) is 0 Å². The third-order valence-corrected chi connectivity index (χ3v) is 12.1. The summed E-state index contributed by atoms with van der Waals surface area (Å²) in [5.74, 6) is 0.398.